The Labute approximate surface area is 167 Å². The van der Waals surface area contributed by atoms with Gasteiger partial charge in [0.2, 0.25) is 12.5 Å². The highest BCUT2D eigenvalue weighted by molar-refractivity contribution is 5.88. The summed E-state index contributed by atoms with van der Waals surface area (Å²) in [7, 11) is 3.21. The Balaban J connectivity index is 1.76. The van der Waals surface area contributed by atoms with Crippen molar-refractivity contribution >= 4 is 16.7 Å². The summed E-state index contributed by atoms with van der Waals surface area (Å²) in [4.78, 5) is 11.5. The first kappa shape index (κ1) is 17.6. The number of ether oxygens (including phenoxy) is 4. The molecule has 0 bridgehead atoms. The van der Waals surface area contributed by atoms with Crippen molar-refractivity contribution in [1.29, 1.82) is 0 Å². The molecule has 3 heterocycles. The Kier molecular flexibility index (Phi) is 3.97. The van der Waals surface area contributed by atoms with Crippen LogP contribution in [0.2, 0.25) is 0 Å². The van der Waals surface area contributed by atoms with Crippen molar-refractivity contribution in [2.45, 2.75) is 18.9 Å². The van der Waals surface area contributed by atoms with E-state index in [1.807, 2.05) is 35.0 Å². The highest BCUT2D eigenvalue weighted by atomic mass is 16.7. The van der Waals surface area contributed by atoms with Crippen LogP contribution in [-0.4, -0.2) is 32.1 Å². The fraction of sp³-hybridized carbons (Fsp3) is 0.273. The molecule has 0 saturated carbocycles. The van der Waals surface area contributed by atoms with E-state index in [4.69, 9.17) is 18.9 Å². The maximum absolute atomic E-state index is 11.5. The van der Waals surface area contributed by atoms with E-state index in [0.717, 1.165) is 27.6 Å². The van der Waals surface area contributed by atoms with Crippen molar-refractivity contribution in [3.63, 3.8) is 0 Å². The van der Waals surface area contributed by atoms with Gasteiger partial charge >= 0.3 is 5.97 Å². The number of fused-ring (bicyclic) bond motifs is 5. The first-order chi connectivity index (χ1) is 14.1. The molecule has 1 unspecified atom stereocenters. The van der Waals surface area contributed by atoms with Crippen molar-refractivity contribution in [3.8, 4) is 34.3 Å². The fourth-order valence-electron chi connectivity index (χ4n) is 4.22. The second-order valence-corrected chi connectivity index (χ2v) is 7.22. The van der Waals surface area contributed by atoms with E-state index in [1.165, 1.54) is 0 Å². The lowest BCUT2D eigenvalue weighted by Gasteiger charge is -2.22. The average molecular weight is 394 g/mol. The van der Waals surface area contributed by atoms with Gasteiger partial charge < -0.3 is 24.1 Å². The summed E-state index contributed by atoms with van der Waals surface area (Å²) in [6, 6.07) is 9.65. The molecular formula is C22H20NO6+. The number of hydrogen-bond donors (Lipinski definition) is 1. The molecule has 1 atom stereocenters. The topological polar surface area (TPSA) is 78.1 Å². The van der Waals surface area contributed by atoms with Crippen molar-refractivity contribution in [2.75, 3.05) is 21.0 Å². The summed E-state index contributed by atoms with van der Waals surface area (Å²) >= 11 is 0. The molecule has 0 fully saturated rings. The van der Waals surface area contributed by atoms with Crippen LogP contribution >= 0.6 is 0 Å². The van der Waals surface area contributed by atoms with Crippen LogP contribution in [0.25, 0.3) is 22.0 Å². The van der Waals surface area contributed by atoms with E-state index >= 15 is 0 Å². The molecule has 2 aliphatic rings. The summed E-state index contributed by atoms with van der Waals surface area (Å²) in [5.41, 5.74) is 3.02. The van der Waals surface area contributed by atoms with Gasteiger partial charge in [-0.15, -0.1) is 0 Å². The van der Waals surface area contributed by atoms with Gasteiger partial charge in [0.1, 0.15) is 6.42 Å². The van der Waals surface area contributed by atoms with Gasteiger partial charge in [0.25, 0.3) is 0 Å². The number of carbonyl (C=O) groups is 1. The second kappa shape index (κ2) is 6.55. The van der Waals surface area contributed by atoms with Crippen LogP contribution < -0.4 is 23.5 Å². The van der Waals surface area contributed by atoms with Gasteiger partial charge in [-0.3, -0.25) is 4.79 Å². The first-order valence-electron chi connectivity index (χ1n) is 9.33. The molecule has 2 aliphatic heterocycles. The Hall–Kier alpha value is -3.48. The molecule has 1 N–H and O–H groups in total. The van der Waals surface area contributed by atoms with E-state index in [-0.39, 0.29) is 19.3 Å². The Morgan fingerprint density at radius 1 is 1.07 bits per heavy atom. The fourth-order valence-corrected chi connectivity index (χ4v) is 4.22. The Bertz CT molecular complexity index is 1160. The minimum atomic E-state index is -0.829. The largest absolute Gasteiger partial charge is 0.493 e. The molecule has 0 radical (unpaired) electrons. The maximum atomic E-state index is 11.5. The Morgan fingerprint density at radius 3 is 2.45 bits per heavy atom. The van der Waals surface area contributed by atoms with Crippen LogP contribution in [0.1, 0.15) is 18.0 Å². The molecule has 0 amide bonds. The number of nitrogens with zero attached hydrogens (tertiary/aromatic N) is 1. The van der Waals surface area contributed by atoms with Crippen LogP contribution in [0.3, 0.4) is 0 Å². The van der Waals surface area contributed by atoms with Gasteiger partial charge in [0.05, 0.1) is 19.8 Å². The molecule has 3 aromatic rings. The SMILES string of the molecule is COc1cc2cc3[n+](cc2cc1OC)C(CC(=O)O)Cc1cc2c(cc1-3)OCO2. The molecule has 7 nitrogen and oxygen atoms in total. The predicted molar refractivity (Wildman–Crippen MR) is 104 cm³/mol. The normalized spacial score (nSPS) is 16.3. The molecule has 0 saturated heterocycles. The van der Waals surface area contributed by atoms with Crippen LogP contribution in [0.4, 0.5) is 0 Å². The summed E-state index contributed by atoms with van der Waals surface area (Å²) in [5, 5.41) is 11.4. The highest BCUT2D eigenvalue weighted by Gasteiger charge is 2.35. The van der Waals surface area contributed by atoms with Crippen molar-refractivity contribution in [1.82, 2.24) is 0 Å². The summed E-state index contributed by atoms with van der Waals surface area (Å²) in [6.07, 6.45) is 2.63. The van der Waals surface area contributed by atoms with E-state index in [1.54, 1.807) is 14.2 Å². The smallest absolute Gasteiger partial charge is 0.310 e. The Morgan fingerprint density at radius 2 is 1.76 bits per heavy atom. The van der Waals surface area contributed by atoms with Crippen LogP contribution in [0.15, 0.2) is 36.5 Å². The number of pyridine rings is 1. The molecule has 0 aliphatic carbocycles. The lowest BCUT2D eigenvalue weighted by Crippen LogP contribution is -2.46. The summed E-state index contributed by atoms with van der Waals surface area (Å²) < 4.78 is 24.0. The van der Waals surface area contributed by atoms with E-state index in [0.29, 0.717) is 29.4 Å². The van der Waals surface area contributed by atoms with Gasteiger partial charge in [-0.1, -0.05) is 0 Å². The van der Waals surface area contributed by atoms with E-state index < -0.39 is 5.97 Å². The molecular weight excluding hydrogens is 374 g/mol. The molecule has 2 aromatic carbocycles. The zero-order valence-electron chi connectivity index (χ0n) is 16.1. The second-order valence-electron chi connectivity index (χ2n) is 7.22. The third kappa shape index (κ3) is 2.81. The number of methoxy groups -OCH3 is 2. The van der Waals surface area contributed by atoms with Gasteiger partial charge in [0, 0.05) is 17.9 Å². The van der Waals surface area contributed by atoms with Crippen molar-refractivity contribution in [3.05, 3.63) is 42.1 Å². The minimum absolute atomic E-state index is 0.0321. The zero-order valence-corrected chi connectivity index (χ0v) is 16.1. The molecule has 148 valence electrons. The van der Waals surface area contributed by atoms with Crippen molar-refractivity contribution in [2.24, 2.45) is 0 Å². The van der Waals surface area contributed by atoms with Gasteiger partial charge in [0.15, 0.2) is 35.2 Å². The van der Waals surface area contributed by atoms with Crippen LogP contribution in [0.5, 0.6) is 23.0 Å². The van der Waals surface area contributed by atoms with E-state index in [2.05, 4.69) is 6.07 Å². The predicted octanol–water partition coefficient (Wildman–Crippen LogP) is 3.11. The van der Waals surface area contributed by atoms with Gasteiger partial charge in [-0.25, -0.2) is 0 Å². The molecule has 29 heavy (non-hydrogen) atoms. The van der Waals surface area contributed by atoms with E-state index in [9.17, 15) is 9.90 Å². The zero-order chi connectivity index (χ0) is 20.1. The molecule has 7 heteroatoms. The third-order valence-corrected chi connectivity index (χ3v) is 5.57. The van der Waals surface area contributed by atoms with Crippen molar-refractivity contribution < 1.29 is 33.4 Å². The standard InChI is InChI=1S/C22H19NO6/c1-26-18-5-12-4-17-16-9-21-20(28-11-29-21)6-13(16)3-15(8-22(24)25)23(17)10-14(12)7-19(18)27-2/h4-7,9-10,15H,3,8,11H2,1-2H3/p+1. The number of benzene rings is 2. The monoisotopic (exact) mass is 394 g/mol. The number of rotatable bonds is 4. The molecule has 1 aromatic heterocycles. The number of carboxylic acids is 1. The number of aliphatic carboxylic acids is 1. The lowest BCUT2D eigenvalue weighted by molar-refractivity contribution is -0.712. The quantitative estimate of drug-likeness (QED) is 0.685. The summed E-state index contributed by atoms with van der Waals surface area (Å²) in [5.74, 6) is 1.87. The molecule has 5 rings (SSSR count). The average Bonchev–Trinajstić information content (AvgIpc) is 3.17. The lowest BCUT2D eigenvalue weighted by atomic mass is 9.90. The first-order valence-corrected chi connectivity index (χ1v) is 9.33. The third-order valence-electron chi connectivity index (χ3n) is 5.57. The van der Waals surface area contributed by atoms with Gasteiger partial charge in [-0.05, 0) is 35.2 Å². The number of hydrogen-bond acceptors (Lipinski definition) is 5. The highest BCUT2D eigenvalue weighted by Crippen LogP contribution is 2.42. The van der Waals surface area contributed by atoms with Crippen LogP contribution in [0, 0.1) is 0 Å². The number of aromatic nitrogens is 1. The van der Waals surface area contributed by atoms with Gasteiger partial charge in [-0.2, -0.15) is 4.57 Å². The molecule has 0 spiro atoms. The maximum Gasteiger partial charge on any atom is 0.310 e. The summed E-state index contributed by atoms with van der Waals surface area (Å²) in [6.45, 7) is 0.200. The number of carboxylic acid groups (broad SMARTS) is 1. The van der Waals surface area contributed by atoms with Crippen LogP contribution in [-0.2, 0) is 11.2 Å². The minimum Gasteiger partial charge on any atom is -0.493 e.